The summed E-state index contributed by atoms with van der Waals surface area (Å²) >= 11 is 0. The Kier molecular flexibility index (Phi) is 3.97. The van der Waals surface area contributed by atoms with Gasteiger partial charge in [0.2, 0.25) is 6.39 Å². The molecule has 0 aliphatic carbocycles. The average Bonchev–Trinajstić information content (AvgIpc) is 2.93. The zero-order chi connectivity index (χ0) is 13.7. The first-order chi connectivity index (χ1) is 9.22. The molecule has 0 fully saturated rings. The van der Waals surface area contributed by atoms with Gasteiger partial charge >= 0.3 is 5.97 Å². The monoisotopic (exact) mass is 262 g/mol. The Balaban J connectivity index is 2.08. The number of carbonyl (C=O) groups excluding carboxylic acids is 1. The van der Waals surface area contributed by atoms with E-state index in [1.54, 1.807) is 18.2 Å². The van der Waals surface area contributed by atoms with E-state index in [1.807, 2.05) is 0 Å². The molecule has 7 nitrogen and oxygen atoms in total. The molecule has 0 radical (unpaired) electrons. The van der Waals surface area contributed by atoms with Crippen LogP contribution in [0.25, 0.3) is 0 Å². The van der Waals surface area contributed by atoms with E-state index in [-0.39, 0.29) is 0 Å². The van der Waals surface area contributed by atoms with Crippen LogP contribution in [0, 0.1) is 0 Å². The highest BCUT2D eigenvalue weighted by molar-refractivity contribution is 5.98. The summed E-state index contributed by atoms with van der Waals surface area (Å²) in [4.78, 5) is 15.5. The van der Waals surface area contributed by atoms with Crippen LogP contribution in [0.4, 0.5) is 11.4 Å². The van der Waals surface area contributed by atoms with Crippen molar-refractivity contribution in [1.82, 2.24) is 10.1 Å². The zero-order valence-corrected chi connectivity index (χ0v) is 10.4. The van der Waals surface area contributed by atoms with Gasteiger partial charge in [-0.15, -0.1) is 0 Å². The number of rotatable bonds is 5. The maximum Gasteiger partial charge on any atom is 0.340 e. The number of esters is 1. The first-order valence-electron chi connectivity index (χ1n) is 5.68. The van der Waals surface area contributed by atoms with Crippen molar-refractivity contribution in [3.63, 3.8) is 0 Å². The Morgan fingerprint density at radius 3 is 3.05 bits per heavy atom. The van der Waals surface area contributed by atoms with Gasteiger partial charge in [-0.05, 0) is 12.1 Å². The molecule has 2 aromatic rings. The van der Waals surface area contributed by atoms with E-state index in [0.29, 0.717) is 35.7 Å². The number of nitrogens with two attached hydrogens (primary N) is 1. The van der Waals surface area contributed by atoms with Crippen LogP contribution in [0.5, 0.6) is 0 Å². The molecule has 2 rings (SSSR count). The summed E-state index contributed by atoms with van der Waals surface area (Å²) in [6.45, 7) is 0.526. The van der Waals surface area contributed by atoms with Gasteiger partial charge in [-0.25, -0.2) is 4.79 Å². The molecule has 0 bridgehead atoms. The van der Waals surface area contributed by atoms with E-state index in [2.05, 4.69) is 20.0 Å². The number of methoxy groups -OCH3 is 1. The smallest absolute Gasteiger partial charge is 0.340 e. The molecule has 0 amide bonds. The second-order valence-electron chi connectivity index (χ2n) is 3.79. The third kappa shape index (κ3) is 3.01. The summed E-state index contributed by atoms with van der Waals surface area (Å²) in [5, 5.41) is 6.78. The predicted octanol–water partition coefficient (Wildman–Crippen LogP) is 1.09. The quantitative estimate of drug-likeness (QED) is 0.614. The van der Waals surface area contributed by atoms with Crippen molar-refractivity contribution in [2.75, 3.05) is 24.7 Å². The number of carbonyl (C=O) groups is 1. The molecule has 0 saturated heterocycles. The van der Waals surface area contributed by atoms with Crippen LogP contribution in [0.3, 0.4) is 0 Å². The van der Waals surface area contributed by atoms with E-state index in [9.17, 15) is 4.79 Å². The normalized spacial score (nSPS) is 10.2. The van der Waals surface area contributed by atoms with E-state index < -0.39 is 5.97 Å². The summed E-state index contributed by atoms with van der Waals surface area (Å²) in [6, 6.07) is 5.06. The number of hydrogen-bond donors (Lipinski definition) is 2. The third-order valence-corrected chi connectivity index (χ3v) is 2.56. The predicted molar refractivity (Wildman–Crippen MR) is 68.7 cm³/mol. The Bertz CT molecular complexity index is 554. The second kappa shape index (κ2) is 5.85. The van der Waals surface area contributed by atoms with Gasteiger partial charge < -0.3 is 20.3 Å². The third-order valence-electron chi connectivity index (χ3n) is 2.56. The molecule has 0 spiro atoms. The maximum atomic E-state index is 11.6. The number of para-hydroxylation sites is 1. The van der Waals surface area contributed by atoms with Gasteiger partial charge in [0.15, 0.2) is 5.82 Å². The number of benzene rings is 1. The zero-order valence-electron chi connectivity index (χ0n) is 10.4. The molecule has 19 heavy (non-hydrogen) atoms. The highest BCUT2D eigenvalue weighted by Crippen LogP contribution is 2.24. The molecule has 0 aliphatic rings. The van der Waals surface area contributed by atoms with E-state index in [4.69, 9.17) is 10.5 Å². The van der Waals surface area contributed by atoms with Crippen LogP contribution < -0.4 is 11.1 Å². The van der Waals surface area contributed by atoms with Crippen molar-refractivity contribution >= 4 is 17.3 Å². The highest BCUT2D eigenvalue weighted by atomic mass is 16.5. The number of nitrogen functional groups attached to an aromatic ring is 1. The average molecular weight is 262 g/mol. The van der Waals surface area contributed by atoms with Crippen LogP contribution in [-0.4, -0.2) is 29.8 Å². The number of hydrogen-bond acceptors (Lipinski definition) is 7. The van der Waals surface area contributed by atoms with Gasteiger partial charge in [-0.1, -0.05) is 11.2 Å². The minimum Gasteiger partial charge on any atom is -0.465 e. The molecule has 1 heterocycles. The molecule has 0 saturated carbocycles. The van der Waals surface area contributed by atoms with Gasteiger partial charge in [0.25, 0.3) is 0 Å². The molecular weight excluding hydrogens is 248 g/mol. The number of ether oxygens (including phenoxy) is 1. The minimum atomic E-state index is -0.436. The fourth-order valence-electron chi connectivity index (χ4n) is 1.65. The molecule has 3 N–H and O–H groups in total. The number of nitrogens with one attached hydrogen (secondary N) is 1. The highest BCUT2D eigenvalue weighted by Gasteiger charge is 2.13. The summed E-state index contributed by atoms with van der Waals surface area (Å²) in [7, 11) is 1.33. The van der Waals surface area contributed by atoms with Crippen LogP contribution >= 0.6 is 0 Å². The van der Waals surface area contributed by atoms with Crippen LogP contribution in [0.2, 0.25) is 0 Å². The topological polar surface area (TPSA) is 103 Å². The SMILES string of the molecule is COC(=O)c1cccc(N)c1NCCc1ncon1. The lowest BCUT2D eigenvalue weighted by Gasteiger charge is -2.12. The van der Waals surface area contributed by atoms with E-state index >= 15 is 0 Å². The van der Waals surface area contributed by atoms with Crippen molar-refractivity contribution in [1.29, 1.82) is 0 Å². The molecule has 0 atom stereocenters. The molecular formula is C12H14N4O3. The Labute approximate surface area is 109 Å². The minimum absolute atomic E-state index is 0.399. The van der Waals surface area contributed by atoms with Crippen LogP contribution in [0.1, 0.15) is 16.2 Å². The first-order valence-corrected chi connectivity index (χ1v) is 5.68. The summed E-state index contributed by atoms with van der Waals surface area (Å²) < 4.78 is 9.34. The van der Waals surface area contributed by atoms with Crippen molar-refractivity contribution in [3.05, 3.63) is 36.0 Å². The van der Waals surface area contributed by atoms with Gasteiger partial charge in [-0.2, -0.15) is 4.98 Å². The van der Waals surface area contributed by atoms with Crippen molar-refractivity contribution in [2.24, 2.45) is 0 Å². The number of anilines is 2. The molecule has 7 heteroatoms. The van der Waals surface area contributed by atoms with Crippen LogP contribution in [-0.2, 0) is 11.2 Å². The van der Waals surface area contributed by atoms with Gasteiger partial charge in [-0.3, -0.25) is 0 Å². The first kappa shape index (κ1) is 12.9. The number of aromatic nitrogens is 2. The largest absolute Gasteiger partial charge is 0.465 e. The summed E-state index contributed by atoms with van der Waals surface area (Å²) in [6.07, 6.45) is 1.83. The van der Waals surface area contributed by atoms with Crippen molar-refractivity contribution < 1.29 is 14.1 Å². The lowest BCUT2D eigenvalue weighted by molar-refractivity contribution is 0.0602. The van der Waals surface area contributed by atoms with Gasteiger partial charge in [0.1, 0.15) is 0 Å². The van der Waals surface area contributed by atoms with Gasteiger partial charge in [0.05, 0.1) is 24.0 Å². The fourth-order valence-corrected chi connectivity index (χ4v) is 1.65. The molecule has 0 aliphatic heterocycles. The van der Waals surface area contributed by atoms with E-state index in [1.165, 1.54) is 13.5 Å². The van der Waals surface area contributed by atoms with Gasteiger partial charge in [0, 0.05) is 13.0 Å². The summed E-state index contributed by atoms with van der Waals surface area (Å²) in [5.41, 5.74) is 7.29. The summed E-state index contributed by atoms with van der Waals surface area (Å²) in [5.74, 6) is 0.149. The fraction of sp³-hybridized carbons (Fsp3) is 0.250. The standard InChI is InChI=1S/C12H14N4O3/c1-18-12(17)8-3-2-4-9(13)11(8)14-6-5-10-15-7-19-16-10/h2-4,7,14H,5-6,13H2,1H3. The second-order valence-corrected chi connectivity index (χ2v) is 3.79. The lowest BCUT2D eigenvalue weighted by atomic mass is 10.1. The Hall–Kier alpha value is -2.57. The number of nitrogens with zero attached hydrogens (tertiary/aromatic N) is 2. The Morgan fingerprint density at radius 2 is 2.37 bits per heavy atom. The Morgan fingerprint density at radius 1 is 1.53 bits per heavy atom. The van der Waals surface area contributed by atoms with Crippen molar-refractivity contribution in [3.8, 4) is 0 Å². The molecule has 1 aromatic carbocycles. The lowest BCUT2D eigenvalue weighted by Crippen LogP contribution is -2.13. The van der Waals surface area contributed by atoms with Crippen molar-refractivity contribution in [2.45, 2.75) is 6.42 Å². The maximum absolute atomic E-state index is 11.6. The molecule has 1 aromatic heterocycles. The molecule has 0 unspecified atom stereocenters. The van der Waals surface area contributed by atoms with E-state index in [0.717, 1.165) is 0 Å². The molecule has 100 valence electrons. The van der Waals surface area contributed by atoms with Crippen LogP contribution in [0.15, 0.2) is 29.1 Å².